The summed E-state index contributed by atoms with van der Waals surface area (Å²) in [7, 11) is 0. The second kappa shape index (κ2) is 7.78. The lowest BCUT2D eigenvalue weighted by Gasteiger charge is -2.08. The van der Waals surface area contributed by atoms with E-state index in [0.29, 0.717) is 22.5 Å². The van der Waals surface area contributed by atoms with E-state index in [-0.39, 0.29) is 11.3 Å². The van der Waals surface area contributed by atoms with Gasteiger partial charge in [-0.2, -0.15) is 14.6 Å². The number of esters is 1. The normalized spacial score (nSPS) is 12.6. The maximum atomic E-state index is 12.7. The number of carbonyl (C=O) groups is 1. The summed E-state index contributed by atoms with van der Waals surface area (Å²) in [6.45, 7) is 3.47. The van der Waals surface area contributed by atoms with E-state index >= 15 is 0 Å². The topological polar surface area (TPSA) is 71.2 Å². The fourth-order valence-electron chi connectivity index (χ4n) is 1.99. The van der Waals surface area contributed by atoms with Gasteiger partial charge in [-0.05, 0) is 61.4 Å². The average Bonchev–Trinajstić information content (AvgIpc) is 2.57. The van der Waals surface area contributed by atoms with E-state index in [1.807, 2.05) is 0 Å². The maximum Gasteiger partial charge on any atom is 0.340 e. The SMILES string of the molecule is Cc1cc(N=Nc2ccc(C(=O)OC(F)C(F)F)cc2)cc(C)c1O. The highest BCUT2D eigenvalue weighted by molar-refractivity contribution is 5.89. The number of halogens is 3. The summed E-state index contributed by atoms with van der Waals surface area (Å²) < 4.78 is 40.7. The molecule has 0 saturated heterocycles. The van der Waals surface area contributed by atoms with Crippen LogP contribution in [0.4, 0.5) is 24.5 Å². The van der Waals surface area contributed by atoms with E-state index in [0.717, 1.165) is 0 Å². The maximum absolute atomic E-state index is 12.7. The van der Waals surface area contributed by atoms with Crippen molar-refractivity contribution in [3.8, 4) is 5.75 Å². The third-order valence-corrected chi connectivity index (χ3v) is 3.28. The van der Waals surface area contributed by atoms with Gasteiger partial charge >= 0.3 is 18.8 Å². The molecule has 0 heterocycles. The highest BCUT2D eigenvalue weighted by atomic mass is 19.3. The number of ether oxygens (including phenoxy) is 1. The number of phenols is 1. The van der Waals surface area contributed by atoms with Gasteiger partial charge in [-0.25, -0.2) is 13.6 Å². The van der Waals surface area contributed by atoms with Crippen molar-refractivity contribution in [1.82, 2.24) is 0 Å². The molecule has 1 unspecified atom stereocenters. The van der Waals surface area contributed by atoms with Crippen molar-refractivity contribution in [2.45, 2.75) is 26.6 Å². The van der Waals surface area contributed by atoms with Gasteiger partial charge < -0.3 is 9.84 Å². The molecule has 2 rings (SSSR count). The zero-order valence-corrected chi connectivity index (χ0v) is 13.4. The minimum Gasteiger partial charge on any atom is -0.507 e. The molecule has 0 spiro atoms. The number of rotatable bonds is 5. The summed E-state index contributed by atoms with van der Waals surface area (Å²) in [5.74, 6) is -1.00. The molecule has 0 aromatic heterocycles. The van der Waals surface area contributed by atoms with Crippen molar-refractivity contribution in [3.63, 3.8) is 0 Å². The molecular formula is C17H15F3N2O3. The van der Waals surface area contributed by atoms with Crippen LogP contribution in [0.3, 0.4) is 0 Å². The Morgan fingerprint density at radius 2 is 1.52 bits per heavy atom. The fraction of sp³-hybridized carbons (Fsp3) is 0.235. The molecule has 0 aliphatic heterocycles. The summed E-state index contributed by atoms with van der Waals surface area (Å²) in [5.41, 5.74) is 2.16. The van der Waals surface area contributed by atoms with Gasteiger partial charge in [0, 0.05) is 0 Å². The lowest BCUT2D eigenvalue weighted by Crippen LogP contribution is -2.20. The fourth-order valence-corrected chi connectivity index (χ4v) is 1.99. The Kier molecular flexibility index (Phi) is 5.74. The summed E-state index contributed by atoms with van der Waals surface area (Å²) in [6, 6.07) is 8.67. The number of phenolic OH excluding ortho intramolecular Hbond substituents is 1. The molecular weight excluding hydrogens is 337 g/mol. The number of benzene rings is 2. The van der Waals surface area contributed by atoms with E-state index in [2.05, 4.69) is 15.0 Å². The molecule has 25 heavy (non-hydrogen) atoms. The summed E-state index contributed by atoms with van der Waals surface area (Å²) in [5, 5.41) is 17.7. The molecule has 0 aliphatic carbocycles. The van der Waals surface area contributed by atoms with Crippen molar-refractivity contribution in [3.05, 3.63) is 53.1 Å². The average molecular weight is 352 g/mol. The van der Waals surface area contributed by atoms with E-state index in [1.165, 1.54) is 24.3 Å². The molecule has 0 amide bonds. The smallest absolute Gasteiger partial charge is 0.340 e. The van der Waals surface area contributed by atoms with E-state index in [1.54, 1.807) is 26.0 Å². The number of hydrogen-bond acceptors (Lipinski definition) is 5. The molecule has 1 N–H and O–H groups in total. The number of carbonyl (C=O) groups excluding carboxylic acids is 1. The number of aromatic hydroxyl groups is 1. The zero-order chi connectivity index (χ0) is 18.6. The predicted octanol–water partition coefficient (Wildman–Crippen LogP) is 5.14. The molecule has 0 fully saturated rings. The molecule has 8 heteroatoms. The Hall–Kier alpha value is -2.90. The number of hydrogen-bond donors (Lipinski definition) is 1. The Labute approximate surface area is 141 Å². The minimum atomic E-state index is -3.39. The van der Waals surface area contributed by atoms with Crippen LogP contribution >= 0.6 is 0 Å². The molecule has 1 atom stereocenters. The molecule has 2 aromatic rings. The van der Waals surface area contributed by atoms with Crippen LogP contribution < -0.4 is 0 Å². The number of nitrogens with zero attached hydrogens (tertiary/aromatic N) is 2. The summed E-state index contributed by atoms with van der Waals surface area (Å²) in [6.07, 6.45) is -6.36. The van der Waals surface area contributed by atoms with Crippen molar-refractivity contribution >= 4 is 17.3 Å². The molecule has 2 aromatic carbocycles. The van der Waals surface area contributed by atoms with Crippen molar-refractivity contribution in [2.75, 3.05) is 0 Å². The van der Waals surface area contributed by atoms with Crippen LogP contribution in [-0.4, -0.2) is 23.9 Å². The van der Waals surface area contributed by atoms with Crippen LogP contribution in [0.25, 0.3) is 0 Å². The standard InChI is InChI=1S/C17H15F3N2O3/c1-9-7-13(8-10(2)14(9)23)22-21-12-5-3-11(4-6-12)17(24)25-16(20)15(18)19/h3-8,15-16,23H,1-2H3. The number of azo groups is 1. The van der Waals surface area contributed by atoms with Crippen LogP contribution in [0.1, 0.15) is 21.5 Å². The van der Waals surface area contributed by atoms with Crippen LogP contribution in [-0.2, 0) is 4.74 Å². The van der Waals surface area contributed by atoms with Gasteiger partial charge in [-0.1, -0.05) is 0 Å². The van der Waals surface area contributed by atoms with Gasteiger partial charge in [0.15, 0.2) is 0 Å². The quantitative estimate of drug-likeness (QED) is 0.598. The largest absolute Gasteiger partial charge is 0.507 e. The molecule has 0 radical (unpaired) electrons. The first kappa shape index (κ1) is 18.4. The van der Waals surface area contributed by atoms with Gasteiger partial charge in [0.2, 0.25) is 0 Å². The Bertz CT molecular complexity index is 769. The van der Waals surface area contributed by atoms with Gasteiger partial charge in [0.1, 0.15) is 5.75 Å². The Balaban J connectivity index is 2.09. The van der Waals surface area contributed by atoms with Gasteiger partial charge in [-0.15, -0.1) is 0 Å². The van der Waals surface area contributed by atoms with Gasteiger partial charge in [0.25, 0.3) is 0 Å². The van der Waals surface area contributed by atoms with Crippen molar-refractivity contribution < 1.29 is 27.8 Å². The monoisotopic (exact) mass is 352 g/mol. The first-order valence-corrected chi connectivity index (χ1v) is 7.23. The third-order valence-electron chi connectivity index (χ3n) is 3.28. The Morgan fingerprint density at radius 3 is 2.04 bits per heavy atom. The molecule has 0 saturated carbocycles. The zero-order valence-electron chi connectivity index (χ0n) is 13.4. The first-order chi connectivity index (χ1) is 11.8. The highest BCUT2D eigenvalue weighted by Gasteiger charge is 2.24. The van der Waals surface area contributed by atoms with E-state index in [4.69, 9.17) is 0 Å². The first-order valence-electron chi connectivity index (χ1n) is 7.23. The molecule has 132 valence electrons. The van der Waals surface area contributed by atoms with Gasteiger partial charge in [0.05, 0.1) is 16.9 Å². The van der Waals surface area contributed by atoms with Crippen LogP contribution in [0.5, 0.6) is 5.75 Å². The van der Waals surface area contributed by atoms with E-state index < -0.39 is 18.8 Å². The predicted molar refractivity (Wildman–Crippen MR) is 84.5 cm³/mol. The lowest BCUT2D eigenvalue weighted by molar-refractivity contribution is -0.0971. The Morgan fingerprint density at radius 1 is 1.00 bits per heavy atom. The molecule has 0 bridgehead atoms. The molecule has 0 aliphatic rings. The lowest BCUT2D eigenvalue weighted by atomic mass is 10.1. The summed E-state index contributed by atoms with van der Waals surface area (Å²) >= 11 is 0. The number of aryl methyl sites for hydroxylation is 2. The third kappa shape index (κ3) is 4.79. The number of alkyl halides is 3. The summed E-state index contributed by atoms with van der Waals surface area (Å²) in [4.78, 5) is 11.5. The minimum absolute atomic E-state index is 0.0847. The van der Waals surface area contributed by atoms with Crippen LogP contribution in [0, 0.1) is 13.8 Å². The van der Waals surface area contributed by atoms with Crippen molar-refractivity contribution in [2.24, 2.45) is 10.2 Å². The second-order valence-corrected chi connectivity index (χ2v) is 5.27. The van der Waals surface area contributed by atoms with Gasteiger partial charge in [-0.3, -0.25) is 0 Å². The highest BCUT2D eigenvalue weighted by Crippen LogP contribution is 2.28. The van der Waals surface area contributed by atoms with Crippen LogP contribution in [0.15, 0.2) is 46.6 Å². The second-order valence-electron chi connectivity index (χ2n) is 5.27. The van der Waals surface area contributed by atoms with Crippen molar-refractivity contribution in [1.29, 1.82) is 0 Å². The van der Waals surface area contributed by atoms with E-state index in [9.17, 15) is 23.1 Å². The van der Waals surface area contributed by atoms with Crippen LogP contribution in [0.2, 0.25) is 0 Å². The molecule has 5 nitrogen and oxygen atoms in total.